The fourth-order valence-electron chi connectivity index (χ4n) is 4.31. The standard InChI is InChI=1S/C32H23N3O2S2/c36-30(35-32-34-29(19-39-32)25-14-12-21-6-1-3-8-23(21)16-25)20-38-28-11-5-10-27(18-28)33-31(37)26-15-13-22-7-2-4-9-24(22)17-26/h1-19H,20H2,(H,33,37)(H,34,35,36). The van der Waals surface area contributed by atoms with E-state index in [1.54, 1.807) is 0 Å². The van der Waals surface area contributed by atoms with E-state index >= 15 is 0 Å². The molecule has 0 bridgehead atoms. The van der Waals surface area contributed by atoms with E-state index in [1.807, 2.05) is 90.3 Å². The van der Waals surface area contributed by atoms with E-state index in [4.69, 9.17) is 0 Å². The van der Waals surface area contributed by atoms with Gasteiger partial charge >= 0.3 is 0 Å². The van der Waals surface area contributed by atoms with Crippen LogP contribution in [0.3, 0.4) is 0 Å². The third kappa shape index (κ3) is 5.85. The average Bonchev–Trinajstić information content (AvgIpc) is 3.44. The van der Waals surface area contributed by atoms with Crippen molar-refractivity contribution < 1.29 is 9.59 Å². The second-order valence-corrected chi connectivity index (χ2v) is 10.9. The second kappa shape index (κ2) is 11.1. The monoisotopic (exact) mass is 545 g/mol. The molecule has 1 aromatic heterocycles. The maximum Gasteiger partial charge on any atom is 0.255 e. The van der Waals surface area contributed by atoms with Gasteiger partial charge in [-0.2, -0.15) is 0 Å². The number of carbonyl (C=O) groups is 2. The molecule has 0 aliphatic carbocycles. The van der Waals surface area contributed by atoms with Gasteiger partial charge in [0.1, 0.15) is 0 Å². The molecule has 0 unspecified atom stereocenters. The first-order valence-corrected chi connectivity index (χ1v) is 14.2. The summed E-state index contributed by atoms with van der Waals surface area (Å²) in [6.07, 6.45) is 0. The summed E-state index contributed by atoms with van der Waals surface area (Å²) in [5.41, 5.74) is 3.13. The quantitative estimate of drug-likeness (QED) is 0.199. The number of rotatable bonds is 7. The Labute approximate surface area is 233 Å². The summed E-state index contributed by atoms with van der Waals surface area (Å²) in [6, 6.07) is 35.5. The molecule has 0 saturated heterocycles. The molecular formula is C32H23N3O2S2. The number of nitrogens with zero attached hydrogens (tertiary/aromatic N) is 1. The summed E-state index contributed by atoms with van der Waals surface area (Å²) < 4.78 is 0. The normalized spacial score (nSPS) is 11.0. The maximum atomic E-state index is 12.8. The molecule has 7 heteroatoms. The highest BCUT2D eigenvalue weighted by Gasteiger charge is 2.11. The molecule has 1 heterocycles. The van der Waals surface area contributed by atoms with Crippen LogP contribution in [0.1, 0.15) is 10.4 Å². The summed E-state index contributed by atoms with van der Waals surface area (Å²) in [5.74, 6) is -0.0795. The van der Waals surface area contributed by atoms with Gasteiger partial charge in [0.2, 0.25) is 5.91 Å². The molecule has 0 spiro atoms. The third-order valence-corrected chi connectivity index (χ3v) is 8.02. The molecule has 39 heavy (non-hydrogen) atoms. The van der Waals surface area contributed by atoms with Crippen molar-refractivity contribution in [3.63, 3.8) is 0 Å². The first-order chi connectivity index (χ1) is 19.1. The Kier molecular flexibility index (Phi) is 7.08. The molecule has 6 aromatic rings. The van der Waals surface area contributed by atoms with Gasteiger partial charge in [0.25, 0.3) is 5.91 Å². The van der Waals surface area contributed by atoms with Crippen LogP contribution < -0.4 is 10.6 Å². The van der Waals surface area contributed by atoms with Gasteiger partial charge in [0.05, 0.1) is 11.4 Å². The van der Waals surface area contributed by atoms with Gasteiger partial charge in [-0.25, -0.2) is 4.98 Å². The smallest absolute Gasteiger partial charge is 0.255 e. The Morgan fingerprint density at radius 3 is 2.23 bits per heavy atom. The van der Waals surface area contributed by atoms with Crippen LogP contribution in [0.5, 0.6) is 0 Å². The van der Waals surface area contributed by atoms with Crippen LogP contribution in [0.15, 0.2) is 119 Å². The fourth-order valence-corrected chi connectivity index (χ4v) is 5.80. The van der Waals surface area contributed by atoms with E-state index in [-0.39, 0.29) is 17.6 Å². The molecule has 0 saturated carbocycles. The van der Waals surface area contributed by atoms with E-state index in [2.05, 4.69) is 39.9 Å². The van der Waals surface area contributed by atoms with Crippen molar-refractivity contribution in [2.24, 2.45) is 0 Å². The number of aromatic nitrogens is 1. The minimum atomic E-state index is -0.174. The van der Waals surface area contributed by atoms with E-state index in [0.717, 1.165) is 32.3 Å². The van der Waals surface area contributed by atoms with Gasteiger partial charge < -0.3 is 10.6 Å². The number of thioether (sulfide) groups is 1. The van der Waals surface area contributed by atoms with Crippen molar-refractivity contribution in [3.8, 4) is 11.3 Å². The lowest BCUT2D eigenvalue weighted by Crippen LogP contribution is -2.14. The Hall–Kier alpha value is -4.46. The fraction of sp³-hybridized carbons (Fsp3) is 0.0312. The minimum Gasteiger partial charge on any atom is -0.322 e. The van der Waals surface area contributed by atoms with Crippen molar-refractivity contribution >= 4 is 67.3 Å². The number of fused-ring (bicyclic) bond motifs is 2. The molecule has 2 amide bonds. The largest absolute Gasteiger partial charge is 0.322 e. The highest BCUT2D eigenvalue weighted by Crippen LogP contribution is 2.28. The minimum absolute atomic E-state index is 0.134. The summed E-state index contributed by atoms with van der Waals surface area (Å²) in [5, 5.41) is 12.8. The lowest BCUT2D eigenvalue weighted by molar-refractivity contribution is -0.113. The SMILES string of the molecule is O=C(CSc1cccc(NC(=O)c2ccc3ccccc3c2)c1)Nc1nc(-c2ccc3ccccc3c2)cs1. The molecule has 6 rings (SSSR count). The van der Waals surface area contributed by atoms with Crippen molar-refractivity contribution in [3.05, 3.63) is 120 Å². The van der Waals surface area contributed by atoms with Gasteiger partial charge in [-0.05, 0) is 57.9 Å². The average molecular weight is 546 g/mol. The molecule has 0 aliphatic rings. The summed E-state index contributed by atoms with van der Waals surface area (Å²) >= 11 is 2.81. The van der Waals surface area contributed by atoms with Crippen LogP contribution in [-0.2, 0) is 4.79 Å². The van der Waals surface area contributed by atoms with Gasteiger partial charge in [-0.3, -0.25) is 9.59 Å². The summed E-state index contributed by atoms with van der Waals surface area (Å²) in [7, 11) is 0. The Bertz CT molecular complexity index is 1830. The van der Waals surface area contributed by atoms with Gasteiger partial charge in [0, 0.05) is 27.1 Å². The number of benzene rings is 5. The lowest BCUT2D eigenvalue weighted by Gasteiger charge is -2.08. The topological polar surface area (TPSA) is 71.1 Å². The zero-order chi connectivity index (χ0) is 26.6. The van der Waals surface area contributed by atoms with Crippen LogP contribution in [0.2, 0.25) is 0 Å². The molecule has 5 nitrogen and oxygen atoms in total. The number of thiazole rings is 1. The molecule has 190 valence electrons. The Morgan fingerprint density at radius 2 is 1.44 bits per heavy atom. The summed E-state index contributed by atoms with van der Waals surface area (Å²) in [4.78, 5) is 30.9. The van der Waals surface area contributed by atoms with Gasteiger partial charge in [-0.1, -0.05) is 72.8 Å². The molecule has 5 aromatic carbocycles. The predicted octanol–water partition coefficient (Wildman–Crippen LogP) is 8.10. The Morgan fingerprint density at radius 1 is 0.718 bits per heavy atom. The van der Waals surface area contributed by atoms with Crippen LogP contribution in [0.4, 0.5) is 10.8 Å². The van der Waals surface area contributed by atoms with Crippen molar-refractivity contribution in [2.45, 2.75) is 4.90 Å². The molecule has 0 fully saturated rings. The highest BCUT2D eigenvalue weighted by molar-refractivity contribution is 8.00. The third-order valence-electron chi connectivity index (χ3n) is 6.27. The number of amides is 2. The number of nitrogens with one attached hydrogen (secondary N) is 2. The molecule has 0 atom stereocenters. The zero-order valence-electron chi connectivity index (χ0n) is 20.8. The van der Waals surface area contributed by atoms with Crippen LogP contribution in [-0.4, -0.2) is 22.6 Å². The van der Waals surface area contributed by atoms with Crippen molar-refractivity contribution in [1.29, 1.82) is 0 Å². The van der Waals surface area contributed by atoms with Crippen LogP contribution in [0, 0.1) is 0 Å². The predicted molar refractivity (Wildman–Crippen MR) is 163 cm³/mol. The molecule has 0 radical (unpaired) electrons. The zero-order valence-corrected chi connectivity index (χ0v) is 22.4. The first kappa shape index (κ1) is 24.9. The van der Waals surface area contributed by atoms with E-state index < -0.39 is 0 Å². The lowest BCUT2D eigenvalue weighted by atomic mass is 10.1. The maximum absolute atomic E-state index is 12.8. The van der Waals surface area contributed by atoms with E-state index in [1.165, 1.54) is 28.5 Å². The Balaban J connectivity index is 1.05. The van der Waals surface area contributed by atoms with Crippen LogP contribution >= 0.6 is 23.1 Å². The number of carbonyl (C=O) groups excluding carboxylic acids is 2. The molecule has 2 N–H and O–H groups in total. The number of hydrogen-bond donors (Lipinski definition) is 2. The van der Waals surface area contributed by atoms with Crippen molar-refractivity contribution in [1.82, 2.24) is 4.98 Å². The molecule has 0 aliphatic heterocycles. The van der Waals surface area contributed by atoms with Gasteiger partial charge in [-0.15, -0.1) is 23.1 Å². The first-order valence-electron chi connectivity index (χ1n) is 12.4. The van der Waals surface area contributed by atoms with Gasteiger partial charge in [0.15, 0.2) is 5.13 Å². The van der Waals surface area contributed by atoms with E-state index in [0.29, 0.717) is 16.4 Å². The summed E-state index contributed by atoms with van der Waals surface area (Å²) in [6.45, 7) is 0. The highest BCUT2D eigenvalue weighted by atomic mass is 32.2. The van der Waals surface area contributed by atoms with Crippen molar-refractivity contribution in [2.75, 3.05) is 16.4 Å². The number of hydrogen-bond acceptors (Lipinski definition) is 5. The number of anilines is 2. The second-order valence-electron chi connectivity index (χ2n) is 8.98. The van der Waals surface area contributed by atoms with Crippen LogP contribution in [0.25, 0.3) is 32.8 Å². The molecular weight excluding hydrogens is 523 g/mol. The van der Waals surface area contributed by atoms with E-state index in [9.17, 15) is 9.59 Å².